The molecule has 2 saturated carbocycles. The number of methoxy groups -OCH3 is 1. The fourth-order valence-electron chi connectivity index (χ4n) is 5.08. The first-order valence-electron chi connectivity index (χ1n) is 10.6. The number of hydrogen-bond acceptors (Lipinski definition) is 3. The summed E-state index contributed by atoms with van der Waals surface area (Å²) in [4.78, 5) is 7.52. The van der Waals surface area contributed by atoms with Crippen LogP contribution in [0.15, 0.2) is 4.99 Å². The largest absolute Gasteiger partial charge is 0.381 e. The van der Waals surface area contributed by atoms with E-state index in [1.165, 1.54) is 64.2 Å². The molecule has 2 aliphatic carbocycles. The van der Waals surface area contributed by atoms with E-state index >= 15 is 0 Å². The van der Waals surface area contributed by atoms with Gasteiger partial charge in [0.2, 0.25) is 0 Å². The molecule has 5 heteroatoms. The van der Waals surface area contributed by atoms with Gasteiger partial charge in [0.1, 0.15) is 0 Å². The Labute approximate surface area is 153 Å². The second kappa shape index (κ2) is 9.22. The molecule has 0 radical (unpaired) electrons. The van der Waals surface area contributed by atoms with Crippen LogP contribution in [0.3, 0.4) is 0 Å². The van der Waals surface area contributed by atoms with Crippen molar-refractivity contribution < 1.29 is 4.74 Å². The maximum atomic E-state index is 6.27. The molecule has 144 valence electrons. The number of rotatable bonds is 5. The highest BCUT2D eigenvalue weighted by Gasteiger charge is 2.40. The SMILES string of the molecule is COC1CCN(C2(CN=C(N)NC3CCCCCC3)CCCC2)CC1. The Kier molecular flexibility index (Phi) is 7.00. The van der Waals surface area contributed by atoms with Crippen LogP contribution in [0.5, 0.6) is 0 Å². The van der Waals surface area contributed by atoms with E-state index in [9.17, 15) is 0 Å². The second-order valence-corrected chi connectivity index (χ2v) is 8.39. The molecule has 3 N–H and O–H groups in total. The zero-order valence-electron chi connectivity index (χ0n) is 16.1. The molecule has 0 unspecified atom stereocenters. The van der Waals surface area contributed by atoms with E-state index in [1.807, 2.05) is 7.11 Å². The number of hydrogen-bond donors (Lipinski definition) is 2. The van der Waals surface area contributed by atoms with Crippen LogP contribution in [-0.4, -0.2) is 55.3 Å². The molecule has 0 aromatic carbocycles. The predicted molar refractivity (Wildman–Crippen MR) is 104 cm³/mol. The fraction of sp³-hybridized carbons (Fsp3) is 0.950. The molecule has 0 aromatic heterocycles. The van der Waals surface area contributed by atoms with Gasteiger partial charge in [-0.2, -0.15) is 0 Å². The number of nitrogens with zero attached hydrogens (tertiary/aromatic N) is 2. The van der Waals surface area contributed by atoms with E-state index in [0.717, 1.165) is 32.5 Å². The lowest BCUT2D eigenvalue weighted by molar-refractivity contribution is -0.0000570. The Morgan fingerprint density at radius 1 is 1.04 bits per heavy atom. The van der Waals surface area contributed by atoms with E-state index < -0.39 is 0 Å². The zero-order chi connectivity index (χ0) is 17.5. The molecule has 0 atom stereocenters. The van der Waals surface area contributed by atoms with Crippen molar-refractivity contribution in [2.45, 2.75) is 94.7 Å². The number of piperidine rings is 1. The summed E-state index contributed by atoms with van der Waals surface area (Å²) in [5.74, 6) is 0.671. The van der Waals surface area contributed by atoms with E-state index in [4.69, 9.17) is 15.5 Å². The van der Waals surface area contributed by atoms with Gasteiger partial charge >= 0.3 is 0 Å². The summed E-state index contributed by atoms with van der Waals surface area (Å²) in [6.07, 6.45) is 15.8. The molecule has 0 amide bonds. The lowest BCUT2D eigenvalue weighted by Crippen LogP contribution is -2.53. The van der Waals surface area contributed by atoms with Crippen LogP contribution in [0.1, 0.15) is 77.0 Å². The van der Waals surface area contributed by atoms with E-state index in [1.54, 1.807) is 0 Å². The average Bonchev–Trinajstić information content (AvgIpc) is 2.99. The minimum atomic E-state index is 0.245. The third kappa shape index (κ3) is 5.10. The van der Waals surface area contributed by atoms with Crippen LogP contribution >= 0.6 is 0 Å². The Morgan fingerprint density at radius 2 is 1.68 bits per heavy atom. The summed E-state index contributed by atoms with van der Waals surface area (Å²) in [5, 5.41) is 3.51. The molecule has 25 heavy (non-hydrogen) atoms. The number of ether oxygens (including phenoxy) is 1. The summed E-state index contributed by atoms with van der Waals surface area (Å²) in [5.41, 5.74) is 6.51. The van der Waals surface area contributed by atoms with Gasteiger partial charge in [-0.15, -0.1) is 0 Å². The molecule has 5 nitrogen and oxygen atoms in total. The Balaban J connectivity index is 1.55. The molecular weight excluding hydrogens is 312 g/mol. The van der Waals surface area contributed by atoms with Crippen LogP contribution < -0.4 is 11.1 Å². The van der Waals surface area contributed by atoms with Gasteiger partial charge in [0.05, 0.1) is 12.6 Å². The van der Waals surface area contributed by atoms with Gasteiger partial charge in [0, 0.05) is 31.8 Å². The molecule has 1 aliphatic heterocycles. The van der Waals surface area contributed by atoms with Gasteiger partial charge in [0.15, 0.2) is 5.96 Å². The van der Waals surface area contributed by atoms with Gasteiger partial charge in [-0.25, -0.2) is 0 Å². The van der Waals surface area contributed by atoms with Gasteiger partial charge in [0.25, 0.3) is 0 Å². The second-order valence-electron chi connectivity index (χ2n) is 8.39. The smallest absolute Gasteiger partial charge is 0.188 e. The van der Waals surface area contributed by atoms with Crippen LogP contribution in [0.4, 0.5) is 0 Å². The van der Waals surface area contributed by atoms with Crippen molar-refractivity contribution in [3.63, 3.8) is 0 Å². The number of aliphatic imine (C=N–C) groups is 1. The molecule has 3 rings (SSSR count). The van der Waals surface area contributed by atoms with Crippen molar-refractivity contribution in [3.8, 4) is 0 Å². The predicted octanol–water partition coefficient (Wildman–Crippen LogP) is 3.04. The van der Waals surface area contributed by atoms with Crippen molar-refractivity contribution in [2.75, 3.05) is 26.7 Å². The monoisotopic (exact) mass is 350 g/mol. The third-order valence-corrected chi connectivity index (χ3v) is 6.73. The molecule has 3 aliphatic rings. The number of guanidine groups is 1. The Hall–Kier alpha value is -0.810. The van der Waals surface area contributed by atoms with Crippen LogP contribution in [0.2, 0.25) is 0 Å². The van der Waals surface area contributed by atoms with Gasteiger partial charge in [-0.05, 0) is 38.5 Å². The molecule has 0 spiro atoms. The molecular formula is C20H38N4O. The first-order valence-corrected chi connectivity index (χ1v) is 10.6. The van der Waals surface area contributed by atoms with Crippen molar-refractivity contribution in [2.24, 2.45) is 10.7 Å². The highest BCUT2D eigenvalue weighted by atomic mass is 16.5. The van der Waals surface area contributed by atoms with Gasteiger partial charge < -0.3 is 15.8 Å². The average molecular weight is 351 g/mol. The highest BCUT2D eigenvalue weighted by Crippen LogP contribution is 2.37. The first-order chi connectivity index (χ1) is 12.2. The quantitative estimate of drug-likeness (QED) is 0.454. The minimum absolute atomic E-state index is 0.245. The van der Waals surface area contributed by atoms with Crippen molar-refractivity contribution in [1.82, 2.24) is 10.2 Å². The first kappa shape index (κ1) is 19.0. The van der Waals surface area contributed by atoms with Gasteiger partial charge in [-0.1, -0.05) is 38.5 Å². The summed E-state index contributed by atoms with van der Waals surface area (Å²) in [6.45, 7) is 3.14. The van der Waals surface area contributed by atoms with E-state index in [0.29, 0.717) is 18.1 Å². The number of nitrogens with two attached hydrogens (primary N) is 1. The summed E-state index contributed by atoms with van der Waals surface area (Å²) in [7, 11) is 1.84. The molecule has 0 aromatic rings. The fourth-order valence-corrected chi connectivity index (χ4v) is 5.08. The van der Waals surface area contributed by atoms with Crippen molar-refractivity contribution >= 4 is 5.96 Å². The topological polar surface area (TPSA) is 62.9 Å². The van der Waals surface area contributed by atoms with Crippen LogP contribution in [-0.2, 0) is 4.74 Å². The Morgan fingerprint density at radius 3 is 2.28 bits per heavy atom. The molecule has 3 fully saturated rings. The number of likely N-dealkylation sites (tertiary alicyclic amines) is 1. The normalized spacial score (nSPS) is 27.3. The van der Waals surface area contributed by atoms with E-state index in [2.05, 4.69) is 10.2 Å². The highest BCUT2D eigenvalue weighted by molar-refractivity contribution is 5.78. The summed E-state index contributed by atoms with van der Waals surface area (Å²) in [6, 6.07) is 0.531. The zero-order valence-corrected chi connectivity index (χ0v) is 16.1. The lowest BCUT2D eigenvalue weighted by atomic mass is 9.91. The van der Waals surface area contributed by atoms with Crippen LogP contribution in [0, 0.1) is 0 Å². The molecule has 1 saturated heterocycles. The van der Waals surface area contributed by atoms with Gasteiger partial charge in [-0.3, -0.25) is 9.89 Å². The lowest BCUT2D eigenvalue weighted by Gasteiger charge is -2.44. The summed E-state index contributed by atoms with van der Waals surface area (Å²) >= 11 is 0. The van der Waals surface area contributed by atoms with Crippen molar-refractivity contribution in [3.05, 3.63) is 0 Å². The maximum absolute atomic E-state index is 6.27. The minimum Gasteiger partial charge on any atom is -0.381 e. The van der Waals surface area contributed by atoms with Crippen LogP contribution in [0.25, 0.3) is 0 Å². The Bertz CT molecular complexity index is 417. The standard InChI is InChI=1S/C20H38N4O/c1-25-18-10-14-24(15-11-18)20(12-6-7-13-20)16-22-19(21)23-17-8-4-2-3-5-9-17/h17-18H,2-16H2,1H3,(H3,21,22,23). The molecule has 0 bridgehead atoms. The maximum Gasteiger partial charge on any atom is 0.188 e. The summed E-state index contributed by atoms with van der Waals surface area (Å²) < 4.78 is 5.54. The van der Waals surface area contributed by atoms with E-state index in [-0.39, 0.29) is 5.54 Å². The van der Waals surface area contributed by atoms with Crippen molar-refractivity contribution in [1.29, 1.82) is 0 Å². The molecule has 1 heterocycles. The third-order valence-electron chi connectivity index (χ3n) is 6.73. The number of nitrogens with one attached hydrogen (secondary N) is 1.